The first-order chi connectivity index (χ1) is 8.36. The van der Waals surface area contributed by atoms with Gasteiger partial charge in [0, 0.05) is 6.54 Å². The van der Waals surface area contributed by atoms with E-state index in [9.17, 15) is 0 Å². The van der Waals surface area contributed by atoms with Crippen LogP contribution in [0.1, 0.15) is 45.1 Å². The molecule has 0 spiro atoms. The Balaban J connectivity index is 2.24. The second kappa shape index (κ2) is 8.86. The fraction of sp³-hybridized carbons (Fsp3) is 0.500. The van der Waals surface area contributed by atoms with Gasteiger partial charge in [-0.3, -0.25) is 0 Å². The highest BCUT2D eigenvalue weighted by molar-refractivity contribution is 5.48. The molecular weight excluding hydrogens is 206 g/mol. The van der Waals surface area contributed by atoms with Gasteiger partial charge in [0.1, 0.15) is 0 Å². The third-order valence-electron chi connectivity index (χ3n) is 3.14. The maximum atomic E-state index is 3.41. The van der Waals surface area contributed by atoms with E-state index in [0.29, 0.717) is 0 Å². The van der Waals surface area contributed by atoms with Crippen molar-refractivity contribution < 1.29 is 0 Å². The van der Waals surface area contributed by atoms with E-state index in [1.165, 1.54) is 31.2 Å². The number of nitrogens with one attached hydrogen (secondary N) is 1. The third kappa shape index (κ3) is 6.15. The van der Waals surface area contributed by atoms with Crippen LogP contribution in [0.2, 0.25) is 0 Å². The summed E-state index contributed by atoms with van der Waals surface area (Å²) in [6, 6.07) is 10.4. The molecule has 0 heterocycles. The minimum absolute atomic E-state index is 0.815. The second-order valence-electron chi connectivity index (χ2n) is 4.57. The fourth-order valence-corrected chi connectivity index (χ4v) is 1.90. The van der Waals surface area contributed by atoms with Crippen molar-refractivity contribution in [2.45, 2.75) is 39.5 Å². The van der Waals surface area contributed by atoms with E-state index in [1.54, 1.807) is 0 Å². The van der Waals surface area contributed by atoms with Crippen LogP contribution in [0.15, 0.2) is 36.5 Å². The first kappa shape index (κ1) is 13.8. The van der Waals surface area contributed by atoms with Gasteiger partial charge in [-0.1, -0.05) is 63.4 Å². The van der Waals surface area contributed by atoms with E-state index in [0.717, 1.165) is 12.5 Å². The highest BCUT2D eigenvalue weighted by Crippen LogP contribution is 2.11. The zero-order chi connectivity index (χ0) is 12.3. The van der Waals surface area contributed by atoms with Gasteiger partial charge in [-0.2, -0.15) is 0 Å². The molecule has 0 aliphatic carbocycles. The third-order valence-corrected chi connectivity index (χ3v) is 3.14. The van der Waals surface area contributed by atoms with E-state index in [4.69, 9.17) is 0 Å². The molecule has 0 amide bonds. The summed E-state index contributed by atoms with van der Waals surface area (Å²) in [4.78, 5) is 0. The first-order valence-electron chi connectivity index (χ1n) is 6.81. The van der Waals surface area contributed by atoms with Crippen LogP contribution >= 0.6 is 0 Å². The molecule has 0 aliphatic rings. The smallest absolute Gasteiger partial charge is 0.0169 e. The largest absolute Gasteiger partial charge is 0.391 e. The van der Waals surface area contributed by atoms with E-state index >= 15 is 0 Å². The first-order valence-corrected chi connectivity index (χ1v) is 6.81. The van der Waals surface area contributed by atoms with Gasteiger partial charge in [0.25, 0.3) is 0 Å². The van der Waals surface area contributed by atoms with Gasteiger partial charge in [0.05, 0.1) is 0 Å². The quantitative estimate of drug-likeness (QED) is 0.696. The molecule has 0 fully saturated rings. The Labute approximate surface area is 106 Å². The predicted octanol–water partition coefficient (Wildman–Crippen LogP) is 4.46. The molecule has 0 bridgehead atoms. The molecule has 17 heavy (non-hydrogen) atoms. The average Bonchev–Trinajstić information content (AvgIpc) is 2.39. The predicted molar refractivity (Wildman–Crippen MR) is 76.8 cm³/mol. The van der Waals surface area contributed by atoms with Crippen molar-refractivity contribution in [2.24, 2.45) is 5.92 Å². The molecule has 1 N–H and O–H groups in total. The molecule has 1 nitrogen and oxygen atoms in total. The average molecular weight is 231 g/mol. The zero-order valence-electron chi connectivity index (χ0n) is 11.2. The summed E-state index contributed by atoms with van der Waals surface area (Å²) in [5, 5.41) is 3.41. The van der Waals surface area contributed by atoms with Crippen LogP contribution in [-0.2, 0) is 0 Å². The van der Waals surface area contributed by atoms with Crippen molar-refractivity contribution in [1.82, 2.24) is 5.32 Å². The summed E-state index contributed by atoms with van der Waals surface area (Å²) in [5.41, 5.74) is 1.25. The number of rotatable bonds is 8. The standard InChI is InChI=1S/C16H25N/c1-3-5-9-15(4-2)14-17-13-12-16-10-7-6-8-11-16/h6-8,10-13,15,17H,3-5,9,14H2,1-2H3. The molecule has 0 aliphatic heterocycles. The van der Waals surface area contributed by atoms with Gasteiger partial charge in [-0.15, -0.1) is 0 Å². The van der Waals surface area contributed by atoms with Gasteiger partial charge in [-0.05, 0) is 30.2 Å². The molecule has 1 aromatic rings. The maximum absolute atomic E-state index is 3.41. The van der Waals surface area contributed by atoms with Gasteiger partial charge in [-0.25, -0.2) is 0 Å². The zero-order valence-corrected chi connectivity index (χ0v) is 11.2. The lowest BCUT2D eigenvalue weighted by atomic mass is 9.99. The summed E-state index contributed by atoms with van der Waals surface area (Å²) in [6.07, 6.45) is 9.47. The summed E-state index contributed by atoms with van der Waals surface area (Å²) >= 11 is 0. The lowest BCUT2D eigenvalue weighted by Crippen LogP contribution is -2.17. The minimum Gasteiger partial charge on any atom is -0.391 e. The van der Waals surface area contributed by atoms with Crippen molar-refractivity contribution in [3.05, 3.63) is 42.1 Å². The van der Waals surface area contributed by atoms with Gasteiger partial charge >= 0.3 is 0 Å². The summed E-state index contributed by atoms with van der Waals surface area (Å²) in [7, 11) is 0. The van der Waals surface area contributed by atoms with Crippen LogP contribution in [0.4, 0.5) is 0 Å². The Morgan fingerprint density at radius 2 is 1.94 bits per heavy atom. The molecule has 94 valence electrons. The molecule has 1 rings (SSSR count). The van der Waals surface area contributed by atoms with Crippen LogP contribution in [0.5, 0.6) is 0 Å². The van der Waals surface area contributed by atoms with Crippen LogP contribution in [0.3, 0.4) is 0 Å². The molecule has 0 saturated carbocycles. The Morgan fingerprint density at radius 3 is 2.59 bits per heavy atom. The lowest BCUT2D eigenvalue weighted by molar-refractivity contribution is 0.441. The summed E-state index contributed by atoms with van der Waals surface area (Å²) < 4.78 is 0. The summed E-state index contributed by atoms with van der Waals surface area (Å²) in [6.45, 7) is 5.64. The SMILES string of the molecule is CCCCC(CC)CNC=Cc1ccccc1. The fourth-order valence-electron chi connectivity index (χ4n) is 1.90. The number of hydrogen-bond acceptors (Lipinski definition) is 1. The molecule has 0 radical (unpaired) electrons. The van der Waals surface area contributed by atoms with Crippen LogP contribution in [-0.4, -0.2) is 6.54 Å². The van der Waals surface area contributed by atoms with Crippen molar-refractivity contribution in [2.75, 3.05) is 6.54 Å². The van der Waals surface area contributed by atoms with Crippen LogP contribution in [0, 0.1) is 5.92 Å². The summed E-state index contributed by atoms with van der Waals surface area (Å²) in [5.74, 6) is 0.815. The molecule has 0 saturated heterocycles. The Hall–Kier alpha value is -1.24. The van der Waals surface area contributed by atoms with E-state index in [2.05, 4.69) is 55.7 Å². The highest BCUT2D eigenvalue weighted by atomic mass is 14.8. The number of unbranched alkanes of at least 4 members (excludes halogenated alkanes) is 1. The molecule has 1 heteroatoms. The van der Waals surface area contributed by atoms with E-state index < -0.39 is 0 Å². The Kier molecular flexibility index (Phi) is 7.20. The van der Waals surface area contributed by atoms with Crippen molar-refractivity contribution in [3.63, 3.8) is 0 Å². The Morgan fingerprint density at radius 1 is 1.18 bits per heavy atom. The van der Waals surface area contributed by atoms with Gasteiger partial charge < -0.3 is 5.32 Å². The second-order valence-corrected chi connectivity index (χ2v) is 4.57. The lowest BCUT2D eigenvalue weighted by Gasteiger charge is -2.13. The van der Waals surface area contributed by atoms with Gasteiger partial charge in [0.15, 0.2) is 0 Å². The van der Waals surface area contributed by atoms with Crippen LogP contribution in [0.25, 0.3) is 6.08 Å². The van der Waals surface area contributed by atoms with E-state index in [-0.39, 0.29) is 0 Å². The molecule has 1 atom stereocenters. The molecule has 1 aromatic carbocycles. The molecule has 0 aromatic heterocycles. The molecular formula is C16H25N. The van der Waals surface area contributed by atoms with Gasteiger partial charge in [0.2, 0.25) is 0 Å². The number of hydrogen-bond donors (Lipinski definition) is 1. The van der Waals surface area contributed by atoms with E-state index in [1.807, 2.05) is 6.07 Å². The highest BCUT2D eigenvalue weighted by Gasteiger charge is 2.03. The topological polar surface area (TPSA) is 12.0 Å². The Bertz CT molecular complexity index is 303. The van der Waals surface area contributed by atoms with Crippen molar-refractivity contribution in [3.8, 4) is 0 Å². The van der Waals surface area contributed by atoms with Crippen molar-refractivity contribution >= 4 is 6.08 Å². The van der Waals surface area contributed by atoms with Crippen molar-refractivity contribution in [1.29, 1.82) is 0 Å². The van der Waals surface area contributed by atoms with Crippen LogP contribution < -0.4 is 5.32 Å². The molecule has 1 unspecified atom stereocenters. The monoisotopic (exact) mass is 231 g/mol. The maximum Gasteiger partial charge on any atom is 0.0169 e. The number of benzene rings is 1. The minimum atomic E-state index is 0.815. The normalized spacial score (nSPS) is 12.8.